The van der Waals surface area contributed by atoms with Gasteiger partial charge >= 0.3 is 12.1 Å². The van der Waals surface area contributed by atoms with Gasteiger partial charge < -0.3 is 15.3 Å². The highest BCUT2D eigenvalue weighted by atomic mass is 32.2. The normalized spacial score (nSPS) is 14.6. The monoisotopic (exact) mass is 481 g/mol. The summed E-state index contributed by atoms with van der Waals surface area (Å²) in [5.74, 6) is -2.73. The van der Waals surface area contributed by atoms with Gasteiger partial charge in [-0.3, -0.25) is 4.79 Å². The Morgan fingerprint density at radius 1 is 1.16 bits per heavy atom. The SMILES string of the molecule is CCCCN(CCC(=O)N1CCNCC1)S(=O)(=O)c1ccccc1C.O=C(O)C(F)(F)F. The highest BCUT2D eigenvalue weighted by Gasteiger charge is 2.38. The van der Waals surface area contributed by atoms with Crippen LogP contribution in [0.2, 0.25) is 0 Å². The predicted octanol–water partition coefficient (Wildman–Crippen LogP) is 2.24. The molecule has 1 heterocycles. The standard InChI is InChI=1S/C18H29N3O3S.C2HF3O2/c1-3-4-12-21(13-9-18(22)20-14-10-19-11-15-20)25(23,24)17-8-6-5-7-16(17)2;3-2(4,5)1(6)7/h5-8,19H,3-4,9-15H2,1-2H3;(H,6,7). The summed E-state index contributed by atoms with van der Waals surface area (Å²) in [6.45, 7) is 7.50. The molecule has 0 aliphatic carbocycles. The van der Waals surface area contributed by atoms with Gasteiger partial charge in [-0.05, 0) is 25.0 Å². The first-order valence-electron chi connectivity index (χ1n) is 10.3. The Hall–Kier alpha value is -2.18. The molecule has 1 aromatic rings. The molecule has 1 aliphatic heterocycles. The first kappa shape index (κ1) is 27.9. The summed E-state index contributed by atoms with van der Waals surface area (Å²) in [4.78, 5) is 23.4. The lowest BCUT2D eigenvalue weighted by molar-refractivity contribution is -0.192. The summed E-state index contributed by atoms with van der Waals surface area (Å²) >= 11 is 0. The third-order valence-corrected chi connectivity index (χ3v) is 6.82. The number of amides is 1. The van der Waals surface area contributed by atoms with Gasteiger partial charge in [0, 0.05) is 45.7 Å². The zero-order valence-electron chi connectivity index (χ0n) is 18.2. The van der Waals surface area contributed by atoms with E-state index in [1.54, 1.807) is 25.1 Å². The van der Waals surface area contributed by atoms with Gasteiger partial charge in [-0.15, -0.1) is 0 Å². The van der Waals surface area contributed by atoms with E-state index >= 15 is 0 Å². The highest BCUT2D eigenvalue weighted by Crippen LogP contribution is 2.20. The summed E-state index contributed by atoms with van der Waals surface area (Å²) in [6, 6.07) is 7.01. The number of halogens is 3. The maximum Gasteiger partial charge on any atom is 0.490 e. The van der Waals surface area contributed by atoms with Crippen molar-refractivity contribution in [1.29, 1.82) is 0 Å². The van der Waals surface area contributed by atoms with E-state index in [1.165, 1.54) is 4.31 Å². The van der Waals surface area contributed by atoms with Crippen LogP contribution < -0.4 is 5.32 Å². The second-order valence-electron chi connectivity index (χ2n) is 7.21. The number of nitrogens with zero attached hydrogens (tertiary/aromatic N) is 2. The summed E-state index contributed by atoms with van der Waals surface area (Å²) in [5.41, 5.74) is 0.734. The van der Waals surface area contributed by atoms with E-state index in [0.29, 0.717) is 24.5 Å². The van der Waals surface area contributed by atoms with Crippen molar-refractivity contribution in [2.45, 2.75) is 44.2 Å². The lowest BCUT2D eigenvalue weighted by Crippen LogP contribution is -2.47. The van der Waals surface area contributed by atoms with Crippen molar-refractivity contribution in [1.82, 2.24) is 14.5 Å². The van der Waals surface area contributed by atoms with Gasteiger partial charge in [0.05, 0.1) is 4.90 Å². The minimum atomic E-state index is -5.08. The molecule has 0 radical (unpaired) electrons. The Bertz CT molecular complexity index is 856. The number of alkyl halides is 3. The Balaban J connectivity index is 0.000000633. The van der Waals surface area contributed by atoms with Gasteiger partial charge in [0.2, 0.25) is 15.9 Å². The number of carboxylic acid groups (broad SMARTS) is 1. The molecule has 1 fully saturated rings. The Morgan fingerprint density at radius 2 is 1.72 bits per heavy atom. The molecular weight excluding hydrogens is 451 g/mol. The Morgan fingerprint density at radius 3 is 2.22 bits per heavy atom. The van der Waals surface area contributed by atoms with E-state index in [0.717, 1.165) is 31.5 Å². The lowest BCUT2D eigenvalue weighted by atomic mass is 10.2. The fraction of sp³-hybridized carbons (Fsp3) is 0.600. The quantitative estimate of drug-likeness (QED) is 0.590. The zero-order valence-corrected chi connectivity index (χ0v) is 19.0. The van der Waals surface area contributed by atoms with Crippen molar-refractivity contribution in [3.63, 3.8) is 0 Å². The number of rotatable bonds is 8. The molecule has 0 saturated carbocycles. The van der Waals surface area contributed by atoms with E-state index in [4.69, 9.17) is 9.90 Å². The third-order valence-electron chi connectivity index (χ3n) is 4.76. The van der Waals surface area contributed by atoms with E-state index < -0.39 is 22.2 Å². The number of carboxylic acids is 1. The molecule has 1 saturated heterocycles. The van der Waals surface area contributed by atoms with Crippen LogP contribution in [0.4, 0.5) is 13.2 Å². The van der Waals surface area contributed by atoms with Crippen LogP contribution in [0.15, 0.2) is 29.2 Å². The molecule has 0 spiro atoms. The molecule has 182 valence electrons. The number of sulfonamides is 1. The Labute approximate surface area is 186 Å². The van der Waals surface area contributed by atoms with Crippen molar-refractivity contribution in [3.8, 4) is 0 Å². The first-order chi connectivity index (χ1) is 14.9. The molecule has 2 rings (SSSR count). The topological polar surface area (TPSA) is 107 Å². The number of carbonyl (C=O) groups is 2. The lowest BCUT2D eigenvalue weighted by Gasteiger charge is -2.29. The number of hydrogen-bond acceptors (Lipinski definition) is 5. The average Bonchev–Trinajstić information content (AvgIpc) is 2.74. The van der Waals surface area contributed by atoms with E-state index in [9.17, 15) is 26.4 Å². The highest BCUT2D eigenvalue weighted by molar-refractivity contribution is 7.89. The number of nitrogens with one attached hydrogen (secondary N) is 1. The minimum absolute atomic E-state index is 0.0305. The predicted molar refractivity (Wildman–Crippen MR) is 113 cm³/mol. The molecule has 0 bridgehead atoms. The van der Waals surface area contributed by atoms with Crippen molar-refractivity contribution < 1.29 is 36.3 Å². The van der Waals surface area contributed by atoms with E-state index in [-0.39, 0.29) is 18.9 Å². The van der Waals surface area contributed by atoms with Gasteiger partial charge in [0.1, 0.15) is 0 Å². The summed E-state index contributed by atoms with van der Waals surface area (Å²) < 4.78 is 59.3. The van der Waals surface area contributed by atoms with Crippen LogP contribution in [-0.4, -0.2) is 80.1 Å². The van der Waals surface area contributed by atoms with E-state index in [1.807, 2.05) is 17.9 Å². The Kier molecular flexibility index (Phi) is 11.1. The van der Waals surface area contributed by atoms with Crippen molar-refractivity contribution in [3.05, 3.63) is 29.8 Å². The molecular formula is C20H30F3N3O5S. The van der Waals surface area contributed by atoms with Gasteiger partial charge in [0.25, 0.3) is 0 Å². The van der Waals surface area contributed by atoms with Crippen LogP contribution in [-0.2, 0) is 19.6 Å². The maximum absolute atomic E-state index is 13.0. The van der Waals surface area contributed by atoms with Crippen LogP contribution >= 0.6 is 0 Å². The zero-order chi connectivity index (χ0) is 24.4. The number of unbranched alkanes of at least 4 members (excludes halogenated alkanes) is 1. The molecule has 0 aromatic heterocycles. The molecule has 0 atom stereocenters. The molecule has 0 unspecified atom stereocenters. The summed E-state index contributed by atoms with van der Waals surface area (Å²) in [7, 11) is -3.58. The number of aryl methyl sites for hydroxylation is 1. The van der Waals surface area contributed by atoms with Gasteiger partial charge in [-0.25, -0.2) is 13.2 Å². The number of aliphatic carboxylic acids is 1. The average molecular weight is 482 g/mol. The number of hydrogen-bond donors (Lipinski definition) is 2. The smallest absolute Gasteiger partial charge is 0.475 e. The molecule has 8 nitrogen and oxygen atoms in total. The molecule has 1 aromatic carbocycles. The number of piperazine rings is 1. The van der Waals surface area contributed by atoms with Crippen molar-refractivity contribution >= 4 is 21.9 Å². The van der Waals surface area contributed by atoms with Crippen LogP contribution in [0.5, 0.6) is 0 Å². The van der Waals surface area contributed by atoms with Crippen LogP contribution in [0.3, 0.4) is 0 Å². The van der Waals surface area contributed by atoms with Crippen LogP contribution in [0.1, 0.15) is 31.7 Å². The second kappa shape index (κ2) is 12.8. The fourth-order valence-corrected chi connectivity index (χ4v) is 4.67. The molecule has 1 aliphatic rings. The molecule has 1 amide bonds. The van der Waals surface area contributed by atoms with Gasteiger partial charge in [-0.1, -0.05) is 31.5 Å². The molecule has 12 heteroatoms. The fourth-order valence-electron chi connectivity index (χ4n) is 2.96. The number of benzene rings is 1. The van der Waals surface area contributed by atoms with Crippen molar-refractivity contribution in [2.24, 2.45) is 0 Å². The minimum Gasteiger partial charge on any atom is -0.475 e. The van der Waals surface area contributed by atoms with Crippen molar-refractivity contribution in [2.75, 3.05) is 39.3 Å². The van der Waals surface area contributed by atoms with Gasteiger partial charge in [-0.2, -0.15) is 17.5 Å². The van der Waals surface area contributed by atoms with E-state index in [2.05, 4.69) is 5.32 Å². The summed E-state index contributed by atoms with van der Waals surface area (Å²) in [6.07, 6.45) is -3.16. The van der Waals surface area contributed by atoms with Crippen LogP contribution in [0.25, 0.3) is 0 Å². The number of carbonyl (C=O) groups excluding carboxylic acids is 1. The molecule has 32 heavy (non-hydrogen) atoms. The third kappa shape index (κ3) is 8.75. The first-order valence-corrected chi connectivity index (χ1v) is 11.7. The largest absolute Gasteiger partial charge is 0.490 e. The summed E-state index contributed by atoms with van der Waals surface area (Å²) in [5, 5.41) is 10.3. The maximum atomic E-state index is 13.0. The second-order valence-corrected chi connectivity index (χ2v) is 9.11. The van der Waals surface area contributed by atoms with Gasteiger partial charge in [0.15, 0.2) is 0 Å². The van der Waals surface area contributed by atoms with Crippen LogP contribution in [0, 0.1) is 6.92 Å². The molecule has 2 N–H and O–H groups in total.